The third-order valence-electron chi connectivity index (χ3n) is 4.96. The van der Waals surface area contributed by atoms with Crippen LogP contribution in [0.4, 0.5) is 5.69 Å². The molecule has 9 nitrogen and oxygen atoms in total. The van der Waals surface area contributed by atoms with Gasteiger partial charge in [-0.2, -0.15) is 0 Å². The molecule has 10 heteroatoms. The fourth-order valence-corrected chi connectivity index (χ4v) is 4.76. The summed E-state index contributed by atoms with van der Waals surface area (Å²) in [5.74, 6) is -0.977. The zero-order valence-corrected chi connectivity index (χ0v) is 15.8. The first-order valence-electron chi connectivity index (χ1n) is 8.61. The Morgan fingerprint density at radius 1 is 1.43 bits per heavy atom. The summed E-state index contributed by atoms with van der Waals surface area (Å²) < 4.78 is 5.02. The van der Waals surface area contributed by atoms with Crippen LogP contribution in [0.1, 0.15) is 6.42 Å². The Kier molecular flexibility index (Phi) is 4.60. The molecule has 2 saturated heterocycles. The number of rotatable bonds is 4. The lowest BCUT2D eigenvalue weighted by atomic mass is 10.0. The maximum Gasteiger partial charge on any atom is 0.352 e. The molecule has 4 heterocycles. The van der Waals surface area contributed by atoms with Gasteiger partial charge in [0.15, 0.2) is 0 Å². The molecule has 0 bridgehead atoms. The average molecular weight is 402 g/mol. The van der Waals surface area contributed by atoms with Crippen molar-refractivity contribution in [3.05, 3.63) is 41.2 Å². The van der Waals surface area contributed by atoms with Crippen LogP contribution >= 0.6 is 11.8 Å². The highest BCUT2D eigenvalue weighted by atomic mass is 32.2. The van der Waals surface area contributed by atoms with Gasteiger partial charge in [-0.15, -0.1) is 11.8 Å². The van der Waals surface area contributed by atoms with E-state index in [0.29, 0.717) is 41.4 Å². The molecule has 4 rings (SSSR count). The summed E-state index contributed by atoms with van der Waals surface area (Å²) in [5, 5.41) is 9.25. The zero-order chi connectivity index (χ0) is 20.0. The highest BCUT2D eigenvalue weighted by Crippen LogP contribution is 2.40. The molecule has 3 aliphatic rings. The third kappa shape index (κ3) is 2.85. The number of carboxylic acids is 1. The van der Waals surface area contributed by atoms with E-state index in [9.17, 15) is 19.5 Å². The number of allylic oxidation sites excluding steroid dienone is 1. The van der Waals surface area contributed by atoms with Gasteiger partial charge in [0, 0.05) is 23.9 Å². The van der Waals surface area contributed by atoms with E-state index < -0.39 is 17.9 Å². The smallest absolute Gasteiger partial charge is 0.352 e. The number of aliphatic carboxylic acids is 1. The first-order chi connectivity index (χ1) is 13.4. The lowest BCUT2D eigenvalue weighted by Crippen LogP contribution is -2.68. The molecule has 0 saturated carbocycles. The second kappa shape index (κ2) is 6.95. The van der Waals surface area contributed by atoms with Gasteiger partial charge in [0.1, 0.15) is 17.1 Å². The molecular formula is C18H18N4O5S. The Hall–Kier alpha value is -2.85. The van der Waals surface area contributed by atoms with E-state index >= 15 is 0 Å². The summed E-state index contributed by atoms with van der Waals surface area (Å²) >= 11 is 1.41. The minimum Gasteiger partial charge on any atom is -0.481 e. The highest BCUT2D eigenvalue weighted by Gasteiger charge is 2.51. The number of aromatic nitrogens is 1. The molecule has 0 spiro atoms. The molecule has 2 fully saturated rings. The molecule has 0 aromatic carbocycles. The molecule has 3 aliphatic heterocycles. The van der Waals surface area contributed by atoms with Crippen molar-refractivity contribution in [3.8, 4) is 5.88 Å². The van der Waals surface area contributed by atoms with Gasteiger partial charge >= 0.3 is 5.97 Å². The van der Waals surface area contributed by atoms with E-state index in [2.05, 4.69) is 4.98 Å². The largest absolute Gasteiger partial charge is 0.481 e. The van der Waals surface area contributed by atoms with Crippen LogP contribution in [0.5, 0.6) is 5.88 Å². The number of amides is 2. The number of ether oxygens (including phenoxy) is 1. The number of carbonyl (C=O) groups excluding carboxylic acids is 2. The zero-order valence-electron chi connectivity index (χ0n) is 15.0. The van der Waals surface area contributed by atoms with Gasteiger partial charge in [-0.05, 0) is 24.1 Å². The number of fused-ring (bicyclic) bond motifs is 1. The number of nitrogens with zero attached hydrogens (tertiary/aromatic N) is 3. The topological polar surface area (TPSA) is 126 Å². The van der Waals surface area contributed by atoms with Crippen LogP contribution < -0.4 is 15.4 Å². The molecule has 3 N–H and O–H groups in total. The van der Waals surface area contributed by atoms with Crippen LogP contribution in [0.2, 0.25) is 0 Å². The Morgan fingerprint density at radius 3 is 2.86 bits per heavy atom. The first-order valence-corrected chi connectivity index (χ1v) is 9.66. The molecule has 1 aromatic rings. The predicted octanol–water partition coefficient (Wildman–Crippen LogP) is 0.334. The van der Waals surface area contributed by atoms with Crippen molar-refractivity contribution in [2.24, 2.45) is 5.73 Å². The monoisotopic (exact) mass is 402 g/mol. The first kappa shape index (κ1) is 18.5. The maximum absolute atomic E-state index is 12.8. The minimum atomic E-state index is -1.20. The number of hydrogen-bond donors (Lipinski definition) is 2. The number of nitrogens with two attached hydrogens (primary N) is 1. The van der Waals surface area contributed by atoms with Crippen LogP contribution in [0.15, 0.2) is 41.2 Å². The van der Waals surface area contributed by atoms with Crippen LogP contribution in [0, 0.1) is 0 Å². The van der Waals surface area contributed by atoms with Gasteiger partial charge in [0.05, 0.1) is 19.0 Å². The predicted molar refractivity (Wildman–Crippen MR) is 102 cm³/mol. The summed E-state index contributed by atoms with van der Waals surface area (Å²) in [7, 11) is 1.51. The number of β-lactam (4-membered cyclic amide) rings is 1. The molecule has 0 radical (unpaired) electrons. The number of methoxy groups -OCH3 is 1. The van der Waals surface area contributed by atoms with E-state index in [1.165, 1.54) is 23.8 Å². The number of anilines is 1. The molecular weight excluding hydrogens is 384 g/mol. The Morgan fingerprint density at radius 2 is 2.21 bits per heavy atom. The van der Waals surface area contributed by atoms with Gasteiger partial charge < -0.3 is 20.5 Å². The molecule has 28 heavy (non-hydrogen) atoms. The Balaban J connectivity index is 1.62. The van der Waals surface area contributed by atoms with Gasteiger partial charge in [0.25, 0.3) is 5.91 Å². The van der Waals surface area contributed by atoms with E-state index in [1.54, 1.807) is 29.3 Å². The van der Waals surface area contributed by atoms with Crippen LogP contribution in [-0.2, 0) is 14.4 Å². The quantitative estimate of drug-likeness (QED) is 0.545. The minimum absolute atomic E-state index is 0.0830. The van der Waals surface area contributed by atoms with Crippen molar-refractivity contribution in [1.82, 2.24) is 9.88 Å². The molecule has 146 valence electrons. The lowest BCUT2D eigenvalue weighted by molar-refractivity contribution is -0.147. The van der Waals surface area contributed by atoms with Crippen molar-refractivity contribution in [2.75, 3.05) is 24.3 Å². The summed E-state index contributed by atoms with van der Waals surface area (Å²) in [6.45, 7) is 0.470. The molecule has 0 unspecified atom stereocenters. The Bertz CT molecular complexity index is 926. The normalized spacial score (nSPS) is 25.9. The molecule has 2 amide bonds. The van der Waals surface area contributed by atoms with E-state index in [0.717, 1.165) is 0 Å². The fourth-order valence-electron chi connectivity index (χ4n) is 3.51. The number of pyridine rings is 1. The van der Waals surface area contributed by atoms with Crippen LogP contribution in [0.3, 0.4) is 0 Å². The van der Waals surface area contributed by atoms with Crippen molar-refractivity contribution in [1.29, 1.82) is 0 Å². The van der Waals surface area contributed by atoms with E-state index in [1.807, 2.05) is 0 Å². The second-order valence-electron chi connectivity index (χ2n) is 6.55. The van der Waals surface area contributed by atoms with Crippen LogP contribution in [0.25, 0.3) is 0 Å². The van der Waals surface area contributed by atoms with Gasteiger partial charge in [-0.3, -0.25) is 14.5 Å². The number of carbonyl (C=O) groups is 3. The van der Waals surface area contributed by atoms with Crippen LogP contribution in [-0.4, -0.2) is 63.6 Å². The standard InChI is InChI=1S/C18H18N4O5S/c1-27-12-3-2-11(7-20-12)21-5-4-9(15(21)23)6-10-8-28-17-13(19)16(24)22(17)14(10)18(25)26/h2-3,6-7,13,17H,4-5,8,19H2,1H3,(H,25,26)/b9-6+/t13-,17-/m1/s1. The van der Waals surface area contributed by atoms with Gasteiger partial charge in [-0.25, -0.2) is 9.78 Å². The maximum atomic E-state index is 12.8. The average Bonchev–Trinajstić information content (AvgIpc) is 3.07. The van der Waals surface area contributed by atoms with Crippen molar-refractivity contribution in [3.63, 3.8) is 0 Å². The van der Waals surface area contributed by atoms with E-state index in [4.69, 9.17) is 10.5 Å². The van der Waals surface area contributed by atoms with Gasteiger partial charge in [-0.1, -0.05) is 0 Å². The van der Waals surface area contributed by atoms with E-state index in [-0.39, 0.29) is 17.0 Å². The van der Waals surface area contributed by atoms with Crippen molar-refractivity contribution < 1.29 is 24.2 Å². The summed E-state index contributed by atoms with van der Waals surface area (Å²) in [4.78, 5) is 43.5. The SMILES string of the molecule is COc1ccc(N2CC/C(=C\C3=C(C(=O)O)N4C(=O)[C@@H](N)[C@H]4SC3)C2=O)cn1. The summed E-state index contributed by atoms with van der Waals surface area (Å²) in [6.07, 6.45) is 3.63. The lowest BCUT2D eigenvalue weighted by Gasteiger charge is -2.47. The molecule has 0 aliphatic carbocycles. The summed E-state index contributed by atoms with van der Waals surface area (Å²) in [6, 6.07) is 2.74. The van der Waals surface area contributed by atoms with Crippen molar-refractivity contribution >= 4 is 35.2 Å². The summed E-state index contributed by atoms with van der Waals surface area (Å²) in [5.41, 5.74) is 7.27. The van der Waals surface area contributed by atoms with Gasteiger partial charge in [0.2, 0.25) is 11.8 Å². The highest BCUT2D eigenvalue weighted by molar-refractivity contribution is 8.00. The second-order valence-corrected chi connectivity index (χ2v) is 7.65. The fraction of sp³-hybridized carbons (Fsp3) is 0.333. The molecule has 2 atom stereocenters. The Labute approximate surface area is 164 Å². The third-order valence-corrected chi connectivity index (χ3v) is 6.28. The number of hydrogen-bond acceptors (Lipinski definition) is 7. The number of carboxylic acid groups (broad SMARTS) is 1. The number of thioether (sulfide) groups is 1. The molecule has 1 aromatic heterocycles. The van der Waals surface area contributed by atoms with Crippen molar-refractivity contribution in [2.45, 2.75) is 17.8 Å².